The summed E-state index contributed by atoms with van der Waals surface area (Å²) in [6.07, 6.45) is 1.59. The second kappa shape index (κ2) is 9.54. The van der Waals surface area contributed by atoms with Crippen LogP contribution < -0.4 is 17.6 Å². The maximum absolute atomic E-state index is 10.6. The lowest BCUT2D eigenvalue weighted by Crippen LogP contribution is -2.11. The Balaban J connectivity index is 0. The number of phosphoric acid groups is 1. The highest BCUT2D eigenvalue weighted by Crippen LogP contribution is 2.44. The van der Waals surface area contributed by atoms with E-state index in [0.29, 0.717) is 26.3 Å². The fourth-order valence-corrected chi connectivity index (χ4v) is 1.40. The van der Waals surface area contributed by atoms with Crippen molar-refractivity contribution in [1.29, 1.82) is 0 Å². The van der Waals surface area contributed by atoms with E-state index in [1.807, 2.05) is 0 Å². The Hall–Kier alpha value is -0.0100. The molecule has 1 aliphatic rings. The molecule has 7 nitrogen and oxygen atoms in total. The number of hydrogen-bond acceptors (Lipinski definition) is 6. The van der Waals surface area contributed by atoms with Crippen molar-refractivity contribution < 1.29 is 18.5 Å². The SMILES string of the molecule is N.NCCN.O=P1(O)OCCCCO1. The first-order chi connectivity index (χ1) is 6.12. The van der Waals surface area contributed by atoms with Gasteiger partial charge in [-0.25, -0.2) is 4.57 Å². The number of rotatable bonds is 1. The van der Waals surface area contributed by atoms with Crippen molar-refractivity contribution in [2.45, 2.75) is 12.8 Å². The van der Waals surface area contributed by atoms with E-state index in [4.69, 9.17) is 16.4 Å². The highest BCUT2D eigenvalue weighted by molar-refractivity contribution is 7.47. The van der Waals surface area contributed by atoms with Gasteiger partial charge in [0.15, 0.2) is 0 Å². The van der Waals surface area contributed by atoms with Crippen molar-refractivity contribution in [3.8, 4) is 0 Å². The zero-order valence-corrected chi connectivity index (χ0v) is 9.12. The van der Waals surface area contributed by atoms with Crippen LogP contribution in [0.4, 0.5) is 0 Å². The van der Waals surface area contributed by atoms with Gasteiger partial charge < -0.3 is 22.5 Å². The molecule has 1 fully saturated rings. The van der Waals surface area contributed by atoms with E-state index in [1.54, 1.807) is 0 Å². The first-order valence-electron chi connectivity index (χ1n) is 4.14. The van der Waals surface area contributed by atoms with Crippen LogP contribution >= 0.6 is 7.82 Å². The summed E-state index contributed by atoms with van der Waals surface area (Å²) in [6, 6.07) is 0. The molecule has 0 amide bonds. The smallest absolute Gasteiger partial charge is 0.344 e. The van der Waals surface area contributed by atoms with Gasteiger partial charge in [-0.2, -0.15) is 0 Å². The fraction of sp³-hybridized carbons (Fsp3) is 1.00. The van der Waals surface area contributed by atoms with E-state index in [9.17, 15) is 4.57 Å². The zero-order chi connectivity index (χ0) is 10.2. The average molecular weight is 229 g/mol. The first kappa shape index (κ1) is 16.4. The Bertz CT molecular complexity index is 155. The molecule has 14 heavy (non-hydrogen) atoms. The third-order valence-electron chi connectivity index (χ3n) is 1.21. The zero-order valence-electron chi connectivity index (χ0n) is 8.22. The summed E-state index contributed by atoms with van der Waals surface area (Å²) < 4.78 is 19.5. The molecule has 0 spiro atoms. The molecule has 0 saturated carbocycles. The van der Waals surface area contributed by atoms with Gasteiger partial charge in [0.1, 0.15) is 0 Å². The number of hydrogen-bond donors (Lipinski definition) is 4. The molecule has 1 saturated heterocycles. The maximum Gasteiger partial charge on any atom is 0.472 e. The lowest BCUT2D eigenvalue weighted by atomic mass is 10.3. The summed E-state index contributed by atoms with van der Waals surface area (Å²) in [5.74, 6) is 0. The van der Waals surface area contributed by atoms with Gasteiger partial charge in [-0.15, -0.1) is 0 Å². The van der Waals surface area contributed by atoms with Crippen molar-refractivity contribution >= 4 is 7.82 Å². The average Bonchev–Trinajstić information content (AvgIpc) is 2.29. The third kappa shape index (κ3) is 10.1. The molecular weight excluding hydrogens is 209 g/mol. The molecule has 1 heterocycles. The Morgan fingerprint density at radius 1 is 1.14 bits per heavy atom. The Kier molecular flexibility index (Phi) is 11.2. The maximum atomic E-state index is 10.6. The fourth-order valence-electron chi connectivity index (χ4n) is 0.601. The van der Waals surface area contributed by atoms with Crippen molar-refractivity contribution in [2.24, 2.45) is 11.5 Å². The molecule has 0 aliphatic carbocycles. The van der Waals surface area contributed by atoms with Gasteiger partial charge in [0.05, 0.1) is 13.2 Å². The summed E-state index contributed by atoms with van der Waals surface area (Å²) in [4.78, 5) is 8.67. The minimum Gasteiger partial charge on any atom is -0.344 e. The molecule has 0 unspecified atom stereocenters. The molecule has 1 aliphatic heterocycles. The molecule has 0 aromatic rings. The summed E-state index contributed by atoms with van der Waals surface area (Å²) >= 11 is 0. The highest BCUT2D eigenvalue weighted by Gasteiger charge is 2.22. The monoisotopic (exact) mass is 229 g/mol. The Morgan fingerprint density at radius 2 is 1.50 bits per heavy atom. The molecule has 88 valence electrons. The van der Waals surface area contributed by atoms with Gasteiger partial charge in [0.25, 0.3) is 0 Å². The third-order valence-corrected chi connectivity index (χ3v) is 2.23. The summed E-state index contributed by atoms with van der Waals surface area (Å²) in [7, 11) is -3.63. The predicted octanol–water partition coefficient (Wildman–Crippen LogP) is -0.0204. The first-order valence-corrected chi connectivity index (χ1v) is 5.64. The van der Waals surface area contributed by atoms with Crippen molar-refractivity contribution in [1.82, 2.24) is 6.15 Å². The van der Waals surface area contributed by atoms with Crippen LogP contribution in [-0.2, 0) is 13.6 Å². The van der Waals surface area contributed by atoms with Crippen molar-refractivity contribution in [3.05, 3.63) is 0 Å². The molecule has 1 rings (SSSR count). The second-order valence-electron chi connectivity index (χ2n) is 2.42. The molecule has 0 aromatic heterocycles. The van der Waals surface area contributed by atoms with E-state index in [0.717, 1.165) is 12.8 Å². The van der Waals surface area contributed by atoms with E-state index in [1.165, 1.54) is 0 Å². The lowest BCUT2D eigenvalue weighted by molar-refractivity contribution is 0.176. The largest absolute Gasteiger partial charge is 0.472 e. The number of nitrogens with two attached hydrogens (primary N) is 2. The summed E-state index contributed by atoms with van der Waals surface area (Å²) in [5.41, 5.74) is 9.81. The molecule has 0 bridgehead atoms. The lowest BCUT2D eigenvalue weighted by Gasteiger charge is -2.05. The summed E-state index contributed by atoms with van der Waals surface area (Å²) in [6.45, 7) is 1.85. The van der Waals surface area contributed by atoms with Crippen LogP contribution in [-0.4, -0.2) is 31.2 Å². The minimum atomic E-state index is -3.63. The standard InChI is InChI=1S/C4H9O4P.C2H8N2.H3N/c5-9(6)7-3-1-2-4-8-9;3-1-2-4;/h1-4H2,(H,5,6);1-4H2;1H3. The number of phosphoric ester groups is 1. The van der Waals surface area contributed by atoms with Gasteiger partial charge >= 0.3 is 7.82 Å². The van der Waals surface area contributed by atoms with Gasteiger partial charge in [-0.05, 0) is 12.8 Å². The van der Waals surface area contributed by atoms with Crippen molar-refractivity contribution in [3.63, 3.8) is 0 Å². The Morgan fingerprint density at radius 3 is 1.79 bits per heavy atom. The van der Waals surface area contributed by atoms with Crippen LogP contribution in [0.25, 0.3) is 0 Å². The van der Waals surface area contributed by atoms with Crippen LogP contribution in [0.5, 0.6) is 0 Å². The molecular formula is C6H20N3O4P. The summed E-state index contributed by atoms with van der Waals surface area (Å²) in [5, 5.41) is 0. The van der Waals surface area contributed by atoms with E-state index < -0.39 is 7.82 Å². The topological polar surface area (TPSA) is 143 Å². The van der Waals surface area contributed by atoms with Crippen LogP contribution in [0.15, 0.2) is 0 Å². The molecule has 8 N–H and O–H groups in total. The van der Waals surface area contributed by atoms with Crippen LogP contribution in [0.1, 0.15) is 12.8 Å². The van der Waals surface area contributed by atoms with Gasteiger partial charge in [0, 0.05) is 13.1 Å². The van der Waals surface area contributed by atoms with E-state index in [2.05, 4.69) is 9.05 Å². The van der Waals surface area contributed by atoms with Crippen molar-refractivity contribution in [2.75, 3.05) is 26.3 Å². The Labute approximate surface area is 84.0 Å². The predicted molar refractivity (Wildman–Crippen MR) is 54.1 cm³/mol. The van der Waals surface area contributed by atoms with Gasteiger partial charge in [0.2, 0.25) is 0 Å². The molecule has 0 atom stereocenters. The van der Waals surface area contributed by atoms with E-state index in [-0.39, 0.29) is 6.15 Å². The van der Waals surface area contributed by atoms with Crippen LogP contribution in [0.2, 0.25) is 0 Å². The second-order valence-corrected chi connectivity index (χ2v) is 3.87. The molecule has 8 heteroatoms. The minimum absolute atomic E-state index is 0. The van der Waals surface area contributed by atoms with Crippen LogP contribution in [0, 0.1) is 0 Å². The quantitative estimate of drug-likeness (QED) is 0.462. The molecule has 0 aromatic carbocycles. The normalized spacial score (nSPS) is 19.6. The van der Waals surface area contributed by atoms with Crippen LogP contribution in [0.3, 0.4) is 0 Å². The van der Waals surface area contributed by atoms with E-state index >= 15 is 0 Å². The molecule has 0 radical (unpaired) electrons. The highest BCUT2D eigenvalue weighted by atomic mass is 31.2. The van der Waals surface area contributed by atoms with Gasteiger partial charge in [-0.1, -0.05) is 0 Å². The van der Waals surface area contributed by atoms with Gasteiger partial charge in [-0.3, -0.25) is 9.05 Å².